The lowest BCUT2D eigenvalue weighted by Gasteiger charge is -2.27. The number of nitrogens with two attached hydrogens (primary N) is 1. The van der Waals surface area contributed by atoms with Gasteiger partial charge in [-0.15, -0.1) is 0 Å². The Kier molecular flexibility index (Phi) is 4.57. The Morgan fingerprint density at radius 1 is 1.48 bits per heavy atom. The Morgan fingerprint density at radius 3 is 2.76 bits per heavy atom. The zero-order valence-corrected chi connectivity index (χ0v) is 12.7. The Bertz CT molecular complexity index is 507. The average Bonchev–Trinajstić information content (AvgIpc) is 2.28. The number of nitrogens with one attached hydrogen (secondary N) is 2. The molecule has 1 saturated heterocycles. The van der Waals surface area contributed by atoms with Gasteiger partial charge in [-0.05, 0) is 39.3 Å². The minimum atomic E-state index is -0.486. The molecule has 1 aromatic rings. The lowest BCUT2D eigenvalue weighted by atomic mass is 10.1. The van der Waals surface area contributed by atoms with E-state index in [4.69, 9.17) is 15.2 Å². The maximum atomic E-state index is 11.7. The van der Waals surface area contributed by atoms with Gasteiger partial charge in [-0.2, -0.15) is 0 Å². The molecule has 6 nitrogen and oxygen atoms in total. The molecule has 4 N–H and O–H groups in total. The first kappa shape index (κ1) is 15.4. The van der Waals surface area contributed by atoms with Gasteiger partial charge in [-0.25, -0.2) is 4.79 Å². The van der Waals surface area contributed by atoms with Gasteiger partial charge in [0.1, 0.15) is 5.75 Å². The fourth-order valence-corrected chi connectivity index (χ4v) is 1.86. The number of ether oxygens (including phenoxy) is 2. The van der Waals surface area contributed by atoms with Gasteiger partial charge >= 0.3 is 6.09 Å². The molecule has 1 heterocycles. The van der Waals surface area contributed by atoms with Gasteiger partial charge in [-0.3, -0.25) is 0 Å². The van der Waals surface area contributed by atoms with Gasteiger partial charge in [-0.1, -0.05) is 0 Å². The number of hydrogen-bond acceptors (Lipinski definition) is 5. The topological polar surface area (TPSA) is 85.6 Å². The number of amides is 1. The molecule has 1 aliphatic heterocycles. The summed E-state index contributed by atoms with van der Waals surface area (Å²) < 4.78 is 10.6. The molecule has 0 radical (unpaired) electrons. The molecule has 0 aliphatic carbocycles. The first-order valence-corrected chi connectivity index (χ1v) is 7.08. The van der Waals surface area contributed by atoms with E-state index in [-0.39, 0.29) is 11.6 Å². The second-order valence-corrected chi connectivity index (χ2v) is 6.18. The van der Waals surface area contributed by atoms with Crippen LogP contribution >= 0.6 is 0 Å². The van der Waals surface area contributed by atoms with Crippen LogP contribution in [0, 0.1) is 0 Å². The number of anilines is 2. The number of hydrogen-bond donors (Lipinski definition) is 3. The van der Waals surface area contributed by atoms with Crippen LogP contribution in [0.1, 0.15) is 27.2 Å². The van der Waals surface area contributed by atoms with Crippen LogP contribution in [0.25, 0.3) is 0 Å². The second-order valence-electron chi connectivity index (χ2n) is 6.18. The summed E-state index contributed by atoms with van der Waals surface area (Å²) in [5, 5.41) is 5.95. The maximum absolute atomic E-state index is 11.7. The van der Waals surface area contributed by atoms with Crippen molar-refractivity contribution in [2.24, 2.45) is 0 Å². The molecule has 1 atom stereocenters. The van der Waals surface area contributed by atoms with E-state index in [0.717, 1.165) is 18.7 Å². The third-order valence-corrected chi connectivity index (χ3v) is 3.03. The van der Waals surface area contributed by atoms with Crippen molar-refractivity contribution in [1.82, 2.24) is 5.32 Å². The molecule has 2 rings (SSSR count). The molecule has 1 amide bonds. The molecule has 0 bridgehead atoms. The van der Waals surface area contributed by atoms with Crippen molar-refractivity contribution in [2.75, 3.05) is 24.2 Å². The molecule has 21 heavy (non-hydrogen) atoms. The summed E-state index contributed by atoms with van der Waals surface area (Å²) >= 11 is 0. The Hall–Kier alpha value is -1.95. The van der Waals surface area contributed by atoms with Gasteiger partial charge in [0.05, 0.1) is 17.5 Å². The Morgan fingerprint density at radius 2 is 2.19 bits per heavy atom. The minimum Gasteiger partial charge on any atom is -0.410 e. The van der Waals surface area contributed by atoms with Crippen LogP contribution in [-0.4, -0.2) is 30.9 Å². The van der Waals surface area contributed by atoms with Crippen molar-refractivity contribution in [3.05, 3.63) is 18.2 Å². The molecule has 1 fully saturated rings. The highest BCUT2D eigenvalue weighted by molar-refractivity contribution is 5.74. The highest BCUT2D eigenvalue weighted by Gasteiger charge is 2.18. The number of rotatable bonds is 4. The fraction of sp³-hybridized carbons (Fsp3) is 0.533. The largest absolute Gasteiger partial charge is 0.413 e. The highest BCUT2D eigenvalue weighted by atomic mass is 16.6. The summed E-state index contributed by atoms with van der Waals surface area (Å²) in [5.74, 6) is 0.447. The number of nitrogen functional groups attached to an aromatic ring is 1. The van der Waals surface area contributed by atoms with Gasteiger partial charge < -0.3 is 25.8 Å². The van der Waals surface area contributed by atoms with Crippen LogP contribution in [0.3, 0.4) is 0 Å². The minimum absolute atomic E-state index is 0.234. The van der Waals surface area contributed by atoms with E-state index >= 15 is 0 Å². The van der Waals surface area contributed by atoms with E-state index in [1.54, 1.807) is 18.2 Å². The number of carbonyl (C=O) groups is 1. The third kappa shape index (κ3) is 4.82. The zero-order valence-electron chi connectivity index (χ0n) is 12.7. The molecular formula is C15H23N3O3. The van der Waals surface area contributed by atoms with Crippen molar-refractivity contribution in [1.29, 1.82) is 0 Å². The number of benzene rings is 1. The quantitative estimate of drug-likeness (QED) is 0.742. The lowest BCUT2D eigenvalue weighted by Crippen LogP contribution is -2.42. The average molecular weight is 293 g/mol. The SMILES string of the molecule is CC(C)(C)NC(=O)Oc1ccc(N)c(NC[C@@H]2CCO2)c1. The molecule has 0 aromatic heterocycles. The van der Waals surface area contributed by atoms with E-state index in [2.05, 4.69) is 10.6 Å². The molecule has 1 aliphatic rings. The first-order chi connectivity index (χ1) is 9.83. The van der Waals surface area contributed by atoms with Crippen molar-refractivity contribution < 1.29 is 14.3 Å². The van der Waals surface area contributed by atoms with Crippen LogP contribution < -0.4 is 21.1 Å². The molecule has 116 valence electrons. The van der Waals surface area contributed by atoms with Crippen molar-refractivity contribution >= 4 is 17.5 Å². The summed E-state index contributed by atoms with van der Waals surface area (Å²) in [6.07, 6.45) is 0.801. The second kappa shape index (κ2) is 6.22. The van der Waals surface area contributed by atoms with Crippen LogP contribution in [0.4, 0.5) is 16.2 Å². The van der Waals surface area contributed by atoms with E-state index in [1.165, 1.54) is 0 Å². The van der Waals surface area contributed by atoms with E-state index in [1.807, 2.05) is 20.8 Å². The summed E-state index contributed by atoms with van der Waals surface area (Å²) in [4.78, 5) is 11.7. The first-order valence-electron chi connectivity index (χ1n) is 7.08. The molecule has 0 saturated carbocycles. The van der Waals surface area contributed by atoms with Crippen LogP contribution in [0.2, 0.25) is 0 Å². The van der Waals surface area contributed by atoms with E-state index in [9.17, 15) is 4.79 Å². The smallest absolute Gasteiger partial charge is 0.410 e. The summed E-state index contributed by atoms with van der Waals surface area (Å²) in [6, 6.07) is 5.10. The van der Waals surface area contributed by atoms with Crippen molar-refractivity contribution in [2.45, 2.75) is 38.8 Å². The molecule has 0 unspecified atom stereocenters. The predicted molar refractivity (Wildman–Crippen MR) is 82.6 cm³/mol. The van der Waals surface area contributed by atoms with Crippen molar-refractivity contribution in [3.8, 4) is 5.75 Å². The van der Waals surface area contributed by atoms with Gasteiger partial charge in [0.2, 0.25) is 0 Å². The normalized spacial score (nSPS) is 17.8. The lowest BCUT2D eigenvalue weighted by molar-refractivity contribution is -0.0410. The molecular weight excluding hydrogens is 270 g/mol. The van der Waals surface area contributed by atoms with Gasteiger partial charge in [0.25, 0.3) is 0 Å². The predicted octanol–water partition coefficient (Wildman–Crippen LogP) is 2.36. The van der Waals surface area contributed by atoms with Crippen molar-refractivity contribution in [3.63, 3.8) is 0 Å². The third-order valence-electron chi connectivity index (χ3n) is 3.03. The summed E-state index contributed by atoms with van der Waals surface area (Å²) in [6.45, 7) is 7.19. The fourth-order valence-electron chi connectivity index (χ4n) is 1.86. The Balaban J connectivity index is 1.95. The monoisotopic (exact) mass is 293 g/mol. The molecule has 0 spiro atoms. The van der Waals surface area contributed by atoms with Gasteiger partial charge in [0, 0.05) is 24.8 Å². The van der Waals surface area contributed by atoms with Crippen LogP contribution in [-0.2, 0) is 4.74 Å². The van der Waals surface area contributed by atoms with Gasteiger partial charge in [0.15, 0.2) is 0 Å². The standard InChI is InChI=1S/C15H23N3O3/c1-15(2,3)18-14(19)21-10-4-5-12(16)13(8-10)17-9-11-6-7-20-11/h4-5,8,11,17H,6-7,9,16H2,1-3H3,(H,18,19)/t11-/m0/s1. The zero-order chi connectivity index (χ0) is 15.5. The maximum Gasteiger partial charge on any atom is 0.413 e. The van der Waals surface area contributed by atoms with Crippen LogP contribution in [0.15, 0.2) is 18.2 Å². The molecule has 1 aromatic carbocycles. The highest BCUT2D eigenvalue weighted by Crippen LogP contribution is 2.25. The summed E-state index contributed by atoms with van der Waals surface area (Å²) in [7, 11) is 0. The molecule has 6 heteroatoms. The van der Waals surface area contributed by atoms with E-state index in [0.29, 0.717) is 18.0 Å². The summed E-state index contributed by atoms with van der Waals surface area (Å²) in [5.41, 5.74) is 6.92. The Labute approximate surface area is 125 Å². The van der Waals surface area contributed by atoms with E-state index < -0.39 is 6.09 Å². The van der Waals surface area contributed by atoms with Crippen LogP contribution in [0.5, 0.6) is 5.75 Å². The number of carbonyl (C=O) groups excluding carboxylic acids is 1.